The highest BCUT2D eigenvalue weighted by atomic mass is 19.1. The number of nitrogens with one attached hydrogen (secondary N) is 1. The predicted octanol–water partition coefficient (Wildman–Crippen LogP) is 3.03. The summed E-state index contributed by atoms with van der Waals surface area (Å²) < 4.78 is 13.3. The normalized spacial score (nSPS) is 10.4. The van der Waals surface area contributed by atoms with Gasteiger partial charge < -0.3 is 11.1 Å². The molecule has 2 aromatic rings. The molecule has 0 radical (unpaired) electrons. The highest BCUT2D eigenvalue weighted by Crippen LogP contribution is 2.23. The Hall–Kier alpha value is -2.10. The molecular weight excluding hydrogens is 229 g/mol. The van der Waals surface area contributed by atoms with Crippen LogP contribution in [0.15, 0.2) is 30.6 Å². The molecule has 0 amide bonds. The summed E-state index contributed by atoms with van der Waals surface area (Å²) in [5.74, 6) is -0.279. The van der Waals surface area contributed by atoms with Crippen LogP contribution in [0.1, 0.15) is 16.7 Å². The van der Waals surface area contributed by atoms with Crippen molar-refractivity contribution in [1.29, 1.82) is 0 Å². The first-order chi connectivity index (χ1) is 8.58. The van der Waals surface area contributed by atoms with Gasteiger partial charge in [-0.3, -0.25) is 4.98 Å². The number of hydrogen-bond donors (Lipinski definition) is 2. The van der Waals surface area contributed by atoms with Crippen molar-refractivity contribution < 1.29 is 4.39 Å². The maximum absolute atomic E-state index is 13.3. The fourth-order valence-corrected chi connectivity index (χ4v) is 1.74. The van der Waals surface area contributed by atoms with Crippen LogP contribution < -0.4 is 11.1 Å². The van der Waals surface area contributed by atoms with E-state index in [1.807, 2.05) is 19.2 Å². The molecule has 18 heavy (non-hydrogen) atoms. The number of pyridine rings is 1. The van der Waals surface area contributed by atoms with Crippen molar-refractivity contribution in [3.05, 3.63) is 53.1 Å². The van der Waals surface area contributed by atoms with Crippen molar-refractivity contribution in [1.82, 2.24) is 4.98 Å². The molecule has 0 saturated heterocycles. The standard InChI is InChI=1S/C14H16FN3/c1-9-5-14(13(16)6-12(9)15)18-8-11-3-4-17-7-10(11)2/h3-7,18H,8,16H2,1-2H3. The topological polar surface area (TPSA) is 50.9 Å². The summed E-state index contributed by atoms with van der Waals surface area (Å²) in [6, 6.07) is 5.02. The molecule has 0 aliphatic heterocycles. The first-order valence-corrected chi connectivity index (χ1v) is 5.77. The molecule has 4 heteroatoms. The number of hydrogen-bond acceptors (Lipinski definition) is 3. The van der Waals surface area contributed by atoms with Crippen LogP contribution in [-0.2, 0) is 6.54 Å². The largest absolute Gasteiger partial charge is 0.397 e. The number of nitrogen functional groups attached to an aromatic ring is 1. The average Bonchev–Trinajstić information content (AvgIpc) is 2.34. The summed E-state index contributed by atoms with van der Waals surface area (Å²) in [7, 11) is 0. The van der Waals surface area contributed by atoms with Gasteiger partial charge in [-0.15, -0.1) is 0 Å². The summed E-state index contributed by atoms with van der Waals surface area (Å²) in [4.78, 5) is 4.04. The van der Waals surface area contributed by atoms with Gasteiger partial charge in [-0.05, 0) is 48.7 Å². The summed E-state index contributed by atoms with van der Waals surface area (Å²) in [5.41, 5.74) is 9.79. The van der Waals surface area contributed by atoms with E-state index in [0.29, 0.717) is 17.8 Å². The molecule has 0 spiro atoms. The first kappa shape index (κ1) is 12.4. The Morgan fingerprint density at radius 1 is 1.28 bits per heavy atom. The Labute approximate surface area is 106 Å². The molecular formula is C14H16FN3. The van der Waals surface area contributed by atoms with E-state index in [0.717, 1.165) is 16.8 Å². The van der Waals surface area contributed by atoms with Crippen molar-refractivity contribution >= 4 is 11.4 Å². The number of benzene rings is 1. The van der Waals surface area contributed by atoms with Crippen molar-refractivity contribution in [3.8, 4) is 0 Å². The molecule has 0 bridgehead atoms. The number of aryl methyl sites for hydroxylation is 2. The molecule has 1 aromatic carbocycles. The van der Waals surface area contributed by atoms with Gasteiger partial charge in [0, 0.05) is 18.9 Å². The van der Waals surface area contributed by atoms with Gasteiger partial charge in [0.25, 0.3) is 0 Å². The average molecular weight is 245 g/mol. The van der Waals surface area contributed by atoms with Gasteiger partial charge in [0.15, 0.2) is 0 Å². The van der Waals surface area contributed by atoms with Crippen molar-refractivity contribution in [2.45, 2.75) is 20.4 Å². The second-order valence-electron chi connectivity index (χ2n) is 4.34. The lowest BCUT2D eigenvalue weighted by atomic mass is 10.1. The molecule has 0 atom stereocenters. The molecule has 3 N–H and O–H groups in total. The van der Waals surface area contributed by atoms with Crippen LogP contribution in [0.25, 0.3) is 0 Å². The maximum Gasteiger partial charge on any atom is 0.128 e. The van der Waals surface area contributed by atoms with Crippen molar-refractivity contribution in [2.24, 2.45) is 0 Å². The molecule has 0 fully saturated rings. The number of rotatable bonds is 3. The van der Waals surface area contributed by atoms with Gasteiger partial charge in [-0.25, -0.2) is 4.39 Å². The SMILES string of the molecule is Cc1cc(NCc2ccncc2C)c(N)cc1F. The van der Waals surface area contributed by atoms with Crippen molar-refractivity contribution in [2.75, 3.05) is 11.1 Å². The lowest BCUT2D eigenvalue weighted by molar-refractivity contribution is 0.619. The molecule has 1 aromatic heterocycles. The smallest absolute Gasteiger partial charge is 0.128 e. The number of nitrogens with two attached hydrogens (primary N) is 1. The van der Waals surface area contributed by atoms with Gasteiger partial charge >= 0.3 is 0 Å². The fourth-order valence-electron chi connectivity index (χ4n) is 1.74. The minimum Gasteiger partial charge on any atom is -0.397 e. The zero-order chi connectivity index (χ0) is 13.1. The lowest BCUT2D eigenvalue weighted by Crippen LogP contribution is -2.05. The van der Waals surface area contributed by atoms with E-state index >= 15 is 0 Å². The summed E-state index contributed by atoms with van der Waals surface area (Å²) in [5, 5.41) is 3.22. The predicted molar refractivity (Wildman–Crippen MR) is 71.9 cm³/mol. The fraction of sp³-hybridized carbons (Fsp3) is 0.214. The Bertz CT molecular complexity index is 567. The van der Waals surface area contributed by atoms with E-state index < -0.39 is 0 Å². The third-order valence-electron chi connectivity index (χ3n) is 2.94. The van der Waals surface area contributed by atoms with E-state index in [9.17, 15) is 4.39 Å². The van der Waals surface area contributed by atoms with E-state index in [-0.39, 0.29) is 5.82 Å². The minimum atomic E-state index is -0.279. The monoisotopic (exact) mass is 245 g/mol. The first-order valence-electron chi connectivity index (χ1n) is 5.77. The Morgan fingerprint density at radius 2 is 2.06 bits per heavy atom. The Morgan fingerprint density at radius 3 is 2.78 bits per heavy atom. The van der Waals surface area contributed by atoms with E-state index in [1.54, 1.807) is 19.2 Å². The summed E-state index contributed by atoms with van der Waals surface area (Å²) in [6.07, 6.45) is 3.57. The quantitative estimate of drug-likeness (QED) is 0.817. The third-order valence-corrected chi connectivity index (χ3v) is 2.94. The number of halogens is 1. The number of nitrogens with zero attached hydrogens (tertiary/aromatic N) is 1. The molecule has 2 rings (SSSR count). The van der Waals surface area contributed by atoms with Crippen molar-refractivity contribution in [3.63, 3.8) is 0 Å². The molecule has 1 heterocycles. The van der Waals surface area contributed by atoms with Crippen LogP contribution in [0.4, 0.5) is 15.8 Å². The van der Waals surface area contributed by atoms with Crippen LogP contribution in [-0.4, -0.2) is 4.98 Å². The van der Waals surface area contributed by atoms with Crippen LogP contribution in [0.5, 0.6) is 0 Å². The van der Waals surface area contributed by atoms with Crippen LogP contribution >= 0.6 is 0 Å². The van der Waals surface area contributed by atoms with Crippen LogP contribution in [0, 0.1) is 19.7 Å². The van der Waals surface area contributed by atoms with Gasteiger partial charge in [0.1, 0.15) is 5.82 Å². The summed E-state index contributed by atoms with van der Waals surface area (Å²) in [6.45, 7) is 4.37. The number of aromatic nitrogens is 1. The Kier molecular flexibility index (Phi) is 3.46. The summed E-state index contributed by atoms with van der Waals surface area (Å²) >= 11 is 0. The van der Waals surface area contributed by atoms with Gasteiger partial charge in [-0.2, -0.15) is 0 Å². The van der Waals surface area contributed by atoms with E-state index in [1.165, 1.54) is 6.07 Å². The molecule has 0 aliphatic rings. The minimum absolute atomic E-state index is 0.279. The Balaban J connectivity index is 2.16. The second-order valence-corrected chi connectivity index (χ2v) is 4.34. The van der Waals surface area contributed by atoms with Gasteiger partial charge in [-0.1, -0.05) is 0 Å². The van der Waals surface area contributed by atoms with E-state index in [4.69, 9.17) is 5.73 Å². The second kappa shape index (κ2) is 5.04. The van der Waals surface area contributed by atoms with Gasteiger partial charge in [0.2, 0.25) is 0 Å². The highest BCUT2D eigenvalue weighted by Gasteiger charge is 2.05. The third kappa shape index (κ3) is 2.59. The lowest BCUT2D eigenvalue weighted by Gasteiger charge is -2.12. The zero-order valence-corrected chi connectivity index (χ0v) is 10.5. The maximum atomic E-state index is 13.3. The van der Waals surface area contributed by atoms with Crippen LogP contribution in [0.3, 0.4) is 0 Å². The molecule has 94 valence electrons. The molecule has 0 unspecified atom stereocenters. The molecule has 0 saturated carbocycles. The number of anilines is 2. The van der Waals surface area contributed by atoms with E-state index in [2.05, 4.69) is 10.3 Å². The molecule has 0 aliphatic carbocycles. The zero-order valence-electron chi connectivity index (χ0n) is 10.5. The van der Waals surface area contributed by atoms with Gasteiger partial charge in [0.05, 0.1) is 11.4 Å². The van der Waals surface area contributed by atoms with Crippen LogP contribution in [0.2, 0.25) is 0 Å². The molecule has 3 nitrogen and oxygen atoms in total. The highest BCUT2D eigenvalue weighted by molar-refractivity contribution is 5.67.